The van der Waals surface area contributed by atoms with E-state index < -0.39 is 0 Å². The highest BCUT2D eigenvalue weighted by molar-refractivity contribution is 9.09. The van der Waals surface area contributed by atoms with Crippen molar-refractivity contribution in [2.24, 2.45) is 0 Å². The molecule has 0 nitrogen and oxygen atoms in total. The number of halogens is 3. The summed E-state index contributed by atoms with van der Waals surface area (Å²) in [5, 5.41) is 0.186. The average molecular weight is 342 g/mol. The fourth-order valence-electron chi connectivity index (χ4n) is 2.01. The van der Waals surface area contributed by atoms with Gasteiger partial charge in [0.15, 0.2) is 0 Å². The topological polar surface area (TPSA) is 0 Å². The van der Waals surface area contributed by atoms with Crippen molar-refractivity contribution in [3.05, 3.63) is 70.5 Å². The van der Waals surface area contributed by atoms with Gasteiger partial charge >= 0.3 is 0 Å². The average Bonchev–Trinajstić information content (AvgIpc) is 2.43. The quantitative estimate of drug-likeness (QED) is 0.591. The first-order valence-electron chi connectivity index (χ1n) is 6.30. The van der Waals surface area contributed by atoms with E-state index in [1.165, 1.54) is 11.6 Å². The molecule has 0 amide bonds. The van der Waals surface area contributed by atoms with Crippen molar-refractivity contribution in [2.75, 3.05) is 0 Å². The van der Waals surface area contributed by atoms with Gasteiger partial charge in [-0.05, 0) is 42.5 Å². The van der Waals surface area contributed by atoms with E-state index in [0.717, 1.165) is 24.8 Å². The predicted octanol–water partition coefficient (Wildman–Crippen LogP) is 5.94. The second-order valence-corrected chi connectivity index (χ2v) is 6.03. The Morgan fingerprint density at radius 1 is 1.11 bits per heavy atom. The van der Waals surface area contributed by atoms with Crippen molar-refractivity contribution in [1.29, 1.82) is 0 Å². The lowest BCUT2D eigenvalue weighted by molar-refractivity contribution is 0.624. The van der Waals surface area contributed by atoms with E-state index in [1.54, 1.807) is 6.07 Å². The van der Waals surface area contributed by atoms with Gasteiger partial charge < -0.3 is 0 Å². The number of hydrogen-bond acceptors (Lipinski definition) is 0. The molecular formula is C16H15BrClF. The summed E-state index contributed by atoms with van der Waals surface area (Å²) in [6, 6.07) is 15.3. The molecule has 0 heterocycles. The Labute approximate surface area is 126 Å². The van der Waals surface area contributed by atoms with Crippen LogP contribution in [0.5, 0.6) is 0 Å². The molecule has 0 spiro atoms. The fraction of sp³-hybridized carbons (Fsp3) is 0.250. The van der Waals surface area contributed by atoms with E-state index in [2.05, 4.69) is 28.1 Å². The summed E-state index contributed by atoms with van der Waals surface area (Å²) in [4.78, 5) is 0.353. The molecule has 0 aliphatic heterocycles. The molecule has 0 saturated carbocycles. The van der Waals surface area contributed by atoms with Crippen molar-refractivity contribution in [3.8, 4) is 0 Å². The second kappa shape index (κ2) is 7.06. The van der Waals surface area contributed by atoms with E-state index in [4.69, 9.17) is 11.6 Å². The van der Waals surface area contributed by atoms with Crippen LogP contribution in [0.1, 0.15) is 28.8 Å². The van der Waals surface area contributed by atoms with Crippen molar-refractivity contribution in [2.45, 2.75) is 24.1 Å². The van der Waals surface area contributed by atoms with Gasteiger partial charge in [-0.15, -0.1) is 0 Å². The highest BCUT2D eigenvalue weighted by atomic mass is 79.9. The molecule has 0 fully saturated rings. The summed E-state index contributed by atoms with van der Waals surface area (Å²) in [5.41, 5.74) is 2.28. The zero-order chi connectivity index (χ0) is 13.7. The predicted molar refractivity (Wildman–Crippen MR) is 82.5 cm³/mol. The maximum absolute atomic E-state index is 13.3. The van der Waals surface area contributed by atoms with Crippen LogP contribution < -0.4 is 0 Å². The third kappa shape index (κ3) is 4.32. The molecule has 0 aromatic heterocycles. The summed E-state index contributed by atoms with van der Waals surface area (Å²) in [7, 11) is 0. The van der Waals surface area contributed by atoms with Gasteiger partial charge in [0.2, 0.25) is 0 Å². The van der Waals surface area contributed by atoms with Crippen LogP contribution in [-0.4, -0.2) is 0 Å². The standard InChI is InChI=1S/C16H15BrClF/c17-14(13-6-2-1-3-7-13)8-4-5-12-9-10-15(18)16(19)11-12/h1-3,6-7,9-11,14H,4-5,8H2. The Bertz CT molecular complexity index is 528. The Morgan fingerprint density at radius 2 is 1.84 bits per heavy atom. The van der Waals surface area contributed by atoms with E-state index in [0.29, 0.717) is 4.83 Å². The highest BCUT2D eigenvalue weighted by Crippen LogP contribution is 2.28. The van der Waals surface area contributed by atoms with Crippen molar-refractivity contribution in [3.63, 3.8) is 0 Å². The van der Waals surface area contributed by atoms with Crippen LogP contribution >= 0.6 is 27.5 Å². The molecule has 19 heavy (non-hydrogen) atoms. The van der Waals surface area contributed by atoms with E-state index in [1.807, 2.05) is 24.3 Å². The van der Waals surface area contributed by atoms with E-state index >= 15 is 0 Å². The molecule has 2 aromatic carbocycles. The van der Waals surface area contributed by atoms with Gasteiger partial charge in [-0.3, -0.25) is 0 Å². The molecule has 2 aromatic rings. The molecule has 0 bridgehead atoms. The zero-order valence-electron chi connectivity index (χ0n) is 10.5. The zero-order valence-corrected chi connectivity index (χ0v) is 12.8. The first-order valence-corrected chi connectivity index (χ1v) is 7.59. The van der Waals surface area contributed by atoms with Gasteiger partial charge in [-0.25, -0.2) is 4.39 Å². The van der Waals surface area contributed by atoms with Crippen LogP contribution in [0.4, 0.5) is 4.39 Å². The second-order valence-electron chi connectivity index (χ2n) is 4.52. The van der Waals surface area contributed by atoms with Gasteiger partial charge in [0, 0.05) is 4.83 Å². The molecule has 1 atom stereocenters. The minimum atomic E-state index is -0.336. The van der Waals surface area contributed by atoms with Crippen LogP contribution in [0, 0.1) is 5.82 Å². The molecule has 1 unspecified atom stereocenters. The molecule has 0 aliphatic rings. The van der Waals surface area contributed by atoms with Crippen molar-refractivity contribution < 1.29 is 4.39 Å². The third-order valence-electron chi connectivity index (χ3n) is 3.07. The molecular weight excluding hydrogens is 327 g/mol. The summed E-state index contributed by atoms with van der Waals surface area (Å²) >= 11 is 9.35. The minimum Gasteiger partial charge on any atom is -0.205 e. The Kier molecular flexibility index (Phi) is 5.41. The number of rotatable bonds is 5. The normalized spacial score (nSPS) is 12.4. The molecule has 0 N–H and O–H groups in total. The van der Waals surface area contributed by atoms with Gasteiger partial charge in [-0.2, -0.15) is 0 Å². The molecule has 0 radical (unpaired) electrons. The van der Waals surface area contributed by atoms with Crippen molar-refractivity contribution >= 4 is 27.5 Å². The molecule has 100 valence electrons. The Morgan fingerprint density at radius 3 is 2.53 bits per heavy atom. The summed E-state index contributed by atoms with van der Waals surface area (Å²) in [6.07, 6.45) is 2.89. The van der Waals surface area contributed by atoms with Gasteiger partial charge in [0.1, 0.15) is 5.82 Å². The molecule has 0 saturated heterocycles. The lowest BCUT2D eigenvalue weighted by atomic mass is 10.0. The van der Waals surface area contributed by atoms with Crippen LogP contribution in [0.25, 0.3) is 0 Å². The number of benzene rings is 2. The summed E-state index contributed by atoms with van der Waals surface area (Å²) in [6.45, 7) is 0. The molecule has 3 heteroatoms. The summed E-state index contributed by atoms with van der Waals surface area (Å²) in [5.74, 6) is -0.336. The maximum Gasteiger partial charge on any atom is 0.142 e. The number of aryl methyl sites for hydroxylation is 1. The van der Waals surface area contributed by atoms with Gasteiger partial charge in [-0.1, -0.05) is 63.9 Å². The maximum atomic E-state index is 13.3. The number of hydrogen-bond donors (Lipinski definition) is 0. The van der Waals surface area contributed by atoms with Gasteiger partial charge in [0.25, 0.3) is 0 Å². The smallest absolute Gasteiger partial charge is 0.142 e. The largest absolute Gasteiger partial charge is 0.205 e. The summed E-state index contributed by atoms with van der Waals surface area (Å²) < 4.78 is 13.3. The van der Waals surface area contributed by atoms with Crippen LogP contribution in [0.3, 0.4) is 0 Å². The van der Waals surface area contributed by atoms with Crippen molar-refractivity contribution in [1.82, 2.24) is 0 Å². The SMILES string of the molecule is Fc1cc(CCCC(Br)c2ccccc2)ccc1Cl. The first-order chi connectivity index (χ1) is 9.16. The lowest BCUT2D eigenvalue weighted by Gasteiger charge is -2.10. The van der Waals surface area contributed by atoms with E-state index in [-0.39, 0.29) is 10.8 Å². The highest BCUT2D eigenvalue weighted by Gasteiger charge is 2.07. The van der Waals surface area contributed by atoms with Crippen LogP contribution in [0.15, 0.2) is 48.5 Å². The van der Waals surface area contributed by atoms with Gasteiger partial charge in [0.05, 0.1) is 5.02 Å². The van der Waals surface area contributed by atoms with Crippen LogP contribution in [0.2, 0.25) is 5.02 Å². The third-order valence-corrected chi connectivity index (χ3v) is 4.36. The molecule has 0 aliphatic carbocycles. The first kappa shape index (κ1) is 14.5. The minimum absolute atomic E-state index is 0.186. The number of alkyl halides is 1. The fourth-order valence-corrected chi connectivity index (χ4v) is 2.76. The monoisotopic (exact) mass is 340 g/mol. The lowest BCUT2D eigenvalue weighted by Crippen LogP contribution is -1.93. The Hall–Kier alpha value is -0.860. The van der Waals surface area contributed by atoms with E-state index in [9.17, 15) is 4.39 Å². The van der Waals surface area contributed by atoms with Crippen LogP contribution in [-0.2, 0) is 6.42 Å². The molecule has 2 rings (SSSR count). The Balaban J connectivity index is 1.85.